The molecule has 11 heteroatoms. The first-order valence-corrected chi connectivity index (χ1v) is 19.5. The van der Waals surface area contributed by atoms with Crippen molar-refractivity contribution in [3.8, 4) is 28.1 Å². The van der Waals surface area contributed by atoms with E-state index in [0.717, 1.165) is 81.3 Å². The molecule has 8 rings (SSSR count). The SMILES string of the molecule is [2H]C(CC)c1cccc(-c2cn(-c3ccc(N4CCN(CC5(C)CCN(c6ccc(C7CCC(=O)NC7=O)cn6)CC5)CC4)cc3)nc2-c2ccncc2)c1F. The van der Waals surface area contributed by atoms with Crippen LogP contribution >= 0.6 is 0 Å². The van der Waals surface area contributed by atoms with E-state index in [4.69, 9.17) is 11.5 Å². The highest BCUT2D eigenvalue weighted by Crippen LogP contribution is 2.36. The average Bonchev–Trinajstić information content (AvgIpc) is 3.67. The molecule has 55 heavy (non-hydrogen) atoms. The maximum atomic E-state index is 15.9. The van der Waals surface area contributed by atoms with E-state index in [0.29, 0.717) is 41.6 Å². The number of halogens is 1. The number of hydrogen-bond donors (Lipinski definition) is 1. The summed E-state index contributed by atoms with van der Waals surface area (Å²) in [5, 5.41) is 7.39. The van der Waals surface area contributed by atoms with Crippen LogP contribution in [0.25, 0.3) is 28.1 Å². The highest BCUT2D eigenvalue weighted by atomic mass is 19.1. The highest BCUT2D eigenvalue weighted by Gasteiger charge is 2.34. The summed E-state index contributed by atoms with van der Waals surface area (Å²) in [6.45, 7) is 11.2. The second kappa shape index (κ2) is 15.7. The normalized spacial score (nSPS) is 19.9. The molecule has 0 aliphatic carbocycles. The lowest BCUT2D eigenvalue weighted by Gasteiger charge is -2.45. The number of rotatable bonds is 10. The van der Waals surface area contributed by atoms with E-state index in [1.807, 2.05) is 48.1 Å². The second-order valence-electron chi connectivity index (χ2n) is 15.4. The van der Waals surface area contributed by atoms with Gasteiger partial charge in [-0.1, -0.05) is 44.5 Å². The van der Waals surface area contributed by atoms with E-state index < -0.39 is 6.40 Å². The third-order valence-electron chi connectivity index (χ3n) is 11.6. The Morgan fingerprint density at radius 3 is 2.33 bits per heavy atom. The molecule has 1 N–H and O–H groups in total. The minimum Gasteiger partial charge on any atom is -0.369 e. The maximum absolute atomic E-state index is 15.9. The van der Waals surface area contributed by atoms with Crippen LogP contribution in [0.2, 0.25) is 0 Å². The van der Waals surface area contributed by atoms with Gasteiger partial charge in [0.25, 0.3) is 0 Å². The Morgan fingerprint density at radius 1 is 0.891 bits per heavy atom. The van der Waals surface area contributed by atoms with Crippen molar-refractivity contribution in [3.05, 3.63) is 108 Å². The van der Waals surface area contributed by atoms with Gasteiger partial charge in [-0.2, -0.15) is 5.10 Å². The summed E-state index contributed by atoms with van der Waals surface area (Å²) >= 11 is 0. The number of nitrogens with one attached hydrogen (secondary N) is 1. The van der Waals surface area contributed by atoms with Crippen LogP contribution in [0.15, 0.2) is 91.5 Å². The molecule has 2 amide bonds. The Kier molecular flexibility index (Phi) is 10.1. The molecule has 2 aromatic carbocycles. The molecule has 3 saturated heterocycles. The predicted molar refractivity (Wildman–Crippen MR) is 214 cm³/mol. The van der Waals surface area contributed by atoms with Gasteiger partial charge in [0.15, 0.2) is 0 Å². The van der Waals surface area contributed by atoms with Crippen molar-refractivity contribution >= 4 is 23.3 Å². The highest BCUT2D eigenvalue weighted by molar-refractivity contribution is 6.00. The zero-order valence-electron chi connectivity index (χ0n) is 32.6. The molecular formula is C44H49FN8O2. The van der Waals surface area contributed by atoms with Gasteiger partial charge in [-0.3, -0.25) is 24.8 Å². The lowest BCUT2D eigenvalue weighted by molar-refractivity contribution is -0.134. The van der Waals surface area contributed by atoms with Crippen molar-refractivity contribution in [2.75, 3.05) is 55.6 Å². The quantitative estimate of drug-likeness (QED) is 0.152. The van der Waals surface area contributed by atoms with Gasteiger partial charge >= 0.3 is 0 Å². The number of amides is 2. The van der Waals surface area contributed by atoms with Gasteiger partial charge in [-0.05, 0) is 84.7 Å². The Labute approximate surface area is 323 Å². The van der Waals surface area contributed by atoms with E-state index in [1.54, 1.807) is 30.7 Å². The summed E-state index contributed by atoms with van der Waals surface area (Å²) in [7, 11) is 0. The number of aromatic nitrogens is 4. The van der Waals surface area contributed by atoms with Crippen molar-refractivity contribution in [2.24, 2.45) is 5.41 Å². The summed E-state index contributed by atoms with van der Waals surface area (Å²) in [5.74, 6) is -0.167. The number of piperidine rings is 2. The third-order valence-corrected chi connectivity index (χ3v) is 11.6. The number of imide groups is 1. The molecule has 6 heterocycles. The summed E-state index contributed by atoms with van der Waals surface area (Å²) in [4.78, 5) is 40.1. The summed E-state index contributed by atoms with van der Waals surface area (Å²) < 4.78 is 26.1. The number of anilines is 2. The first kappa shape index (κ1) is 35.3. The predicted octanol–water partition coefficient (Wildman–Crippen LogP) is 7.04. The molecule has 0 saturated carbocycles. The van der Waals surface area contributed by atoms with E-state index in [2.05, 4.69) is 56.2 Å². The fourth-order valence-electron chi connectivity index (χ4n) is 8.32. The lowest BCUT2D eigenvalue weighted by Crippen LogP contribution is -2.51. The van der Waals surface area contributed by atoms with Gasteiger partial charge in [0, 0.05) is 101 Å². The van der Waals surface area contributed by atoms with E-state index >= 15 is 4.39 Å². The number of aryl methyl sites for hydroxylation is 1. The molecule has 284 valence electrons. The number of hydrogen-bond acceptors (Lipinski definition) is 8. The Bertz CT molecular complexity index is 2160. The monoisotopic (exact) mass is 741 g/mol. The van der Waals surface area contributed by atoms with Gasteiger partial charge in [0.2, 0.25) is 11.8 Å². The van der Waals surface area contributed by atoms with Gasteiger partial charge in [-0.15, -0.1) is 0 Å². The van der Waals surface area contributed by atoms with Crippen molar-refractivity contribution in [3.63, 3.8) is 0 Å². The molecule has 3 aliphatic rings. The summed E-state index contributed by atoms with van der Waals surface area (Å²) in [6, 6.07) is 21.5. The van der Waals surface area contributed by atoms with Crippen LogP contribution in [-0.2, 0) is 16.0 Å². The summed E-state index contributed by atoms with van der Waals surface area (Å²) in [5.41, 5.74) is 6.18. The van der Waals surface area contributed by atoms with Crippen LogP contribution in [0.5, 0.6) is 0 Å². The number of carbonyl (C=O) groups excluding carboxylic acids is 2. The fourth-order valence-corrected chi connectivity index (χ4v) is 8.32. The first-order chi connectivity index (χ1) is 27.2. The third kappa shape index (κ3) is 7.89. The van der Waals surface area contributed by atoms with Crippen LogP contribution in [0, 0.1) is 11.2 Å². The molecule has 3 aliphatic heterocycles. The van der Waals surface area contributed by atoms with Crippen molar-refractivity contribution in [1.29, 1.82) is 0 Å². The Balaban J connectivity index is 0.878. The van der Waals surface area contributed by atoms with Crippen molar-refractivity contribution in [1.82, 2.24) is 30.0 Å². The van der Waals surface area contributed by atoms with Gasteiger partial charge in [0.05, 0.1) is 11.6 Å². The number of nitrogens with zero attached hydrogens (tertiary/aromatic N) is 7. The number of benzene rings is 2. The van der Waals surface area contributed by atoms with Crippen LogP contribution in [0.4, 0.5) is 15.9 Å². The molecule has 2 atom stereocenters. The second-order valence-corrected chi connectivity index (χ2v) is 15.4. The maximum Gasteiger partial charge on any atom is 0.234 e. The molecular weight excluding hydrogens is 692 g/mol. The molecule has 3 aromatic heterocycles. The lowest BCUT2D eigenvalue weighted by atomic mass is 9.79. The average molecular weight is 742 g/mol. The molecule has 10 nitrogen and oxygen atoms in total. The smallest absolute Gasteiger partial charge is 0.234 e. The van der Waals surface area contributed by atoms with Crippen LogP contribution in [-0.4, -0.2) is 82.3 Å². The van der Waals surface area contributed by atoms with Crippen LogP contribution in [0.1, 0.15) is 64.4 Å². The fraction of sp³-hybridized carbons (Fsp3) is 0.386. The van der Waals surface area contributed by atoms with Gasteiger partial charge in [0.1, 0.15) is 17.3 Å². The van der Waals surface area contributed by atoms with E-state index in [-0.39, 0.29) is 29.0 Å². The van der Waals surface area contributed by atoms with Crippen molar-refractivity contribution in [2.45, 2.75) is 58.3 Å². The largest absolute Gasteiger partial charge is 0.369 e. The van der Waals surface area contributed by atoms with E-state index in [1.165, 1.54) is 5.69 Å². The molecule has 5 aromatic rings. The zero-order chi connectivity index (χ0) is 38.8. The zero-order valence-corrected chi connectivity index (χ0v) is 31.6. The molecule has 2 unspecified atom stereocenters. The minimum absolute atomic E-state index is 0.201. The molecule has 0 spiro atoms. The molecule has 3 fully saturated rings. The molecule has 0 radical (unpaired) electrons. The number of pyridine rings is 2. The standard InChI is InChI=1S/C44H49FN8O2/c1-3-5-31-6-4-7-37(41(31)45)38-29-53(49-42(38)32-16-20-46-21-17-32)35-11-9-34(10-12-35)51-26-24-50(25-27-51)30-44(2)18-22-52(23-19-44)39-14-8-33(28-47-39)36-13-15-40(54)48-43(36)55/h4,6-12,14,16-17,20-21,28-29,36H,3,5,13,15,18-19,22-27,30H2,1-2H3,(H,48,54,55)/i5D. The Hall–Kier alpha value is -5.42. The number of piperazine rings is 1. The first-order valence-electron chi connectivity index (χ1n) is 20.1. The van der Waals surface area contributed by atoms with Gasteiger partial charge < -0.3 is 9.80 Å². The van der Waals surface area contributed by atoms with E-state index in [9.17, 15) is 9.59 Å². The number of carbonyl (C=O) groups is 2. The minimum atomic E-state index is -0.630. The van der Waals surface area contributed by atoms with Crippen molar-refractivity contribution < 1.29 is 15.4 Å². The molecule has 0 bridgehead atoms. The topological polar surface area (TPSA) is 99.5 Å². The van der Waals surface area contributed by atoms with Gasteiger partial charge in [-0.25, -0.2) is 14.1 Å². The Morgan fingerprint density at radius 2 is 1.64 bits per heavy atom. The van der Waals surface area contributed by atoms with Crippen LogP contribution in [0.3, 0.4) is 0 Å². The summed E-state index contributed by atoms with van der Waals surface area (Å²) in [6.07, 6.45) is 10.1. The van der Waals surface area contributed by atoms with Crippen LogP contribution < -0.4 is 15.1 Å².